The number of rotatable bonds is 5. The minimum Gasteiger partial charge on any atom is -0.479 e. The number of hydrogen-bond acceptors (Lipinski definition) is 5. The third kappa shape index (κ3) is 5.60. The number of ether oxygens (including phenoxy) is 2. The molecule has 6 nitrogen and oxygen atoms in total. The number of aromatic nitrogens is 1. The number of nitrogens with zero attached hydrogens (tertiary/aromatic N) is 2. The van der Waals surface area contributed by atoms with E-state index in [1.165, 1.54) is 0 Å². The van der Waals surface area contributed by atoms with Crippen LogP contribution in [0.3, 0.4) is 0 Å². The number of halogens is 1. The van der Waals surface area contributed by atoms with Crippen LogP contribution >= 0.6 is 15.9 Å². The van der Waals surface area contributed by atoms with Crippen LogP contribution < -0.4 is 4.74 Å². The third-order valence-corrected chi connectivity index (χ3v) is 3.99. The van der Waals surface area contributed by atoms with Gasteiger partial charge in [0.1, 0.15) is 18.4 Å². The largest absolute Gasteiger partial charge is 0.479 e. The van der Waals surface area contributed by atoms with E-state index in [0.29, 0.717) is 16.6 Å². The molecule has 7 heteroatoms. The Morgan fingerprint density at radius 3 is 2.50 bits per heavy atom. The average molecular weight is 440 g/mol. The van der Waals surface area contributed by atoms with E-state index in [-0.39, 0.29) is 19.2 Å². The number of carbonyl (C=O) groups excluding carboxylic acids is 1. The Morgan fingerprint density at radius 1 is 1.14 bits per heavy atom. The maximum atomic E-state index is 12.5. The smallest absolute Gasteiger partial charge is 0.340 e. The fourth-order valence-corrected chi connectivity index (χ4v) is 2.57. The summed E-state index contributed by atoms with van der Waals surface area (Å²) in [4.78, 5) is 15.7. The van der Waals surface area contributed by atoms with Gasteiger partial charge in [0.2, 0.25) is 0 Å². The number of H-pyrrole nitrogens is 1. The Morgan fingerprint density at radius 2 is 1.86 bits per heavy atom. The summed E-state index contributed by atoms with van der Waals surface area (Å²) in [5.41, 5.74) is 2.98. The number of nitrogens with one attached hydrogen (secondary N) is 1. The van der Waals surface area contributed by atoms with Gasteiger partial charge in [0.05, 0.1) is 17.0 Å². The predicted octanol–water partition coefficient (Wildman–Crippen LogP) is 4.64. The monoisotopic (exact) mass is 439 g/mol. The zero-order valence-corrected chi connectivity index (χ0v) is 16.8. The normalized spacial score (nSPS) is 9.57. The van der Waals surface area contributed by atoms with Crippen LogP contribution in [0.15, 0.2) is 48.5 Å². The Hall–Kier alpha value is -3.29. The zero-order chi connectivity index (χ0) is 20.4. The summed E-state index contributed by atoms with van der Waals surface area (Å²) in [6, 6.07) is 18.6. The first kappa shape index (κ1) is 21.0. The van der Waals surface area contributed by atoms with Gasteiger partial charge in [-0.15, -0.1) is 0 Å². The van der Waals surface area contributed by atoms with Crippen LogP contribution in [0.2, 0.25) is 0 Å². The third-order valence-electron chi connectivity index (χ3n) is 3.74. The van der Waals surface area contributed by atoms with E-state index in [1.54, 1.807) is 12.1 Å². The second-order valence-electron chi connectivity index (χ2n) is 5.63. The highest BCUT2D eigenvalue weighted by atomic mass is 79.9. The van der Waals surface area contributed by atoms with Crippen LogP contribution in [0, 0.1) is 29.6 Å². The molecule has 0 saturated heterocycles. The van der Waals surface area contributed by atoms with Gasteiger partial charge in [0.25, 0.3) is 0 Å². The molecule has 0 amide bonds. The van der Waals surface area contributed by atoms with Crippen LogP contribution in [0.5, 0.6) is 5.75 Å². The fourth-order valence-electron chi connectivity index (χ4n) is 2.57. The highest BCUT2D eigenvalue weighted by Gasteiger charge is 2.18. The maximum absolute atomic E-state index is 12.5. The molecule has 1 aromatic heterocycles. The van der Waals surface area contributed by atoms with Crippen molar-refractivity contribution in [1.29, 1.82) is 10.5 Å². The number of hydrogen-bond donors (Lipinski definition) is 1. The molecule has 1 N–H and O–H groups in total. The van der Waals surface area contributed by atoms with Crippen molar-refractivity contribution < 1.29 is 14.3 Å². The van der Waals surface area contributed by atoms with Gasteiger partial charge >= 0.3 is 5.97 Å². The molecule has 3 aromatic rings. The minimum atomic E-state index is -0.389. The van der Waals surface area contributed by atoms with E-state index in [9.17, 15) is 4.79 Å². The lowest BCUT2D eigenvalue weighted by molar-refractivity contribution is 0.0474. The second-order valence-corrected chi connectivity index (χ2v) is 6.19. The van der Waals surface area contributed by atoms with E-state index < -0.39 is 0 Å². The molecule has 0 unspecified atom stereocenters. The lowest BCUT2D eigenvalue weighted by Crippen LogP contribution is -2.06. The van der Waals surface area contributed by atoms with Gasteiger partial charge in [-0.1, -0.05) is 46.3 Å². The number of fused-ring (bicyclic) bond motifs is 1. The molecule has 142 valence electrons. The quantitative estimate of drug-likeness (QED) is 0.460. The van der Waals surface area contributed by atoms with Crippen LogP contribution in [0.1, 0.15) is 21.6 Å². The molecule has 0 spiro atoms. The Labute approximate surface area is 171 Å². The number of aryl methyl sites for hydroxylation is 1. The van der Waals surface area contributed by atoms with E-state index in [2.05, 4.69) is 20.9 Å². The first-order valence-corrected chi connectivity index (χ1v) is 9.49. The SMILES string of the molecule is Cc1[nH]c2ccc(OCC#N)cc2c1C(=O)OCc1ccccc1.N#CCBr. The van der Waals surface area contributed by atoms with Crippen molar-refractivity contribution in [3.63, 3.8) is 0 Å². The van der Waals surface area contributed by atoms with Gasteiger partial charge in [-0.25, -0.2) is 4.79 Å². The van der Waals surface area contributed by atoms with E-state index in [0.717, 1.165) is 22.2 Å². The molecule has 3 rings (SSSR count). The summed E-state index contributed by atoms with van der Waals surface area (Å²) in [6.45, 7) is 2.01. The van der Waals surface area contributed by atoms with Crippen LogP contribution in [-0.2, 0) is 11.3 Å². The van der Waals surface area contributed by atoms with Crippen LogP contribution in [0.25, 0.3) is 10.9 Å². The number of nitriles is 2. The van der Waals surface area contributed by atoms with Crippen molar-refractivity contribution in [2.45, 2.75) is 13.5 Å². The topological polar surface area (TPSA) is 98.9 Å². The van der Waals surface area contributed by atoms with Crippen molar-refractivity contribution in [3.8, 4) is 17.9 Å². The molecule has 1 heterocycles. The summed E-state index contributed by atoms with van der Waals surface area (Å²) < 4.78 is 10.7. The Kier molecular flexibility index (Phi) is 8.08. The molecule has 0 radical (unpaired) electrons. The molecular formula is C21H18BrN3O3. The van der Waals surface area contributed by atoms with Crippen LogP contribution in [0.4, 0.5) is 0 Å². The average Bonchev–Trinajstić information content (AvgIpc) is 3.06. The van der Waals surface area contributed by atoms with Crippen molar-refractivity contribution in [1.82, 2.24) is 4.98 Å². The molecule has 0 aliphatic rings. The van der Waals surface area contributed by atoms with Crippen LogP contribution in [-0.4, -0.2) is 22.9 Å². The van der Waals surface area contributed by atoms with Gasteiger partial charge in [-0.2, -0.15) is 10.5 Å². The lowest BCUT2D eigenvalue weighted by atomic mass is 10.1. The molecule has 0 atom stereocenters. The molecular weight excluding hydrogens is 422 g/mol. The molecule has 0 aliphatic heterocycles. The zero-order valence-electron chi connectivity index (χ0n) is 15.2. The number of carbonyl (C=O) groups is 1. The van der Waals surface area contributed by atoms with Gasteiger partial charge in [-0.3, -0.25) is 0 Å². The highest BCUT2D eigenvalue weighted by molar-refractivity contribution is 9.09. The number of aromatic amines is 1. The summed E-state index contributed by atoms with van der Waals surface area (Å²) in [6.07, 6.45) is 0. The maximum Gasteiger partial charge on any atom is 0.340 e. The van der Waals surface area contributed by atoms with Crippen molar-refractivity contribution >= 4 is 32.8 Å². The van der Waals surface area contributed by atoms with Gasteiger partial charge in [0, 0.05) is 16.6 Å². The van der Waals surface area contributed by atoms with E-state index >= 15 is 0 Å². The first-order chi connectivity index (χ1) is 13.6. The minimum absolute atomic E-state index is 0.0390. The summed E-state index contributed by atoms with van der Waals surface area (Å²) in [5.74, 6) is 0.153. The summed E-state index contributed by atoms with van der Waals surface area (Å²) in [7, 11) is 0. The number of alkyl halides is 1. The lowest BCUT2D eigenvalue weighted by Gasteiger charge is -2.06. The standard InChI is InChI=1S/C19H16N2O3.C2H2BrN/c1-13-18(19(22)24-12-14-5-3-2-4-6-14)16-11-15(23-10-9-20)7-8-17(16)21-13;3-1-2-4/h2-8,11,21H,10,12H2,1H3;1H2. The molecule has 0 saturated carbocycles. The van der Waals surface area contributed by atoms with Crippen molar-refractivity contribution in [3.05, 3.63) is 65.4 Å². The molecule has 28 heavy (non-hydrogen) atoms. The Bertz CT molecular complexity index is 1020. The summed E-state index contributed by atoms with van der Waals surface area (Å²) in [5, 5.41) is 17.3. The highest BCUT2D eigenvalue weighted by Crippen LogP contribution is 2.27. The summed E-state index contributed by atoms with van der Waals surface area (Å²) >= 11 is 2.89. The fraction of sp³-hybridized carbons (Fsp3) is 0.190. The van der Waals surface area contributed by atoms with Crippen molar-refractivity contribution in [2.24, 2.45) is 0 Å². The van der Waals surface area contributed by atoms with Gasteiger partial charge in [0.15, 0.2) is 6.61 Å². The van der Waals surface area contributed by atoms with Gasteiger partial charge < -0.3 is 14.5 Å². The first-order valence-electron chi connectivity index (χ1n) is 8.36. The molecule has 0 bridgehead atoms. The number of esters is 1. The van der Waals surface area contributed by atoms with Gasteiger partial charge in [-0.05, 0) is 30.7 Å². The molecule has 0 aliphatic carbocycles. The molecule has 0 fully saturated rings. The van der Waals surface area contributed by atoms with Crippen molar-refractivity contribution in [2.75, 3.05) is 11.9 Å². The second kappa shape index (κ2) is 10.8. The Balaban J connectivity index is 0.000000640. The molecule has 2 aromatic carbocycles. The van der Waals surface area contributed by atoms with E-state index in [4.69, 9.17) is 20.0 Å². The number of benzene rings is 2. The predicted molar refractivity (Wildman–Crippen MR) is 109 cm³/mol. The van der Waals surface area contributed by atoms with E-state index in [1.807, 2.05) is 55.5 Å².